The van der Waals surface area contributed by atoms with E-state index >= 15 is 0 Å². The number of thioether (sulfide) groups is 1. The number of carboxylic acid groups (broad SMARTS) is 1. The van der Waals surface area contributed by atoms with Crippen LogP contribution in [0.3, 0.4) is 0 Å². The molecule has 3 N–H and O–H groups in total. The summed E-state index contributed by atoms with van der Waals surface area (Å²) in [5, 5.41) is 29.4. The lowest BCUT2D eigenvalue weighted by atomic mass is 10.1. The van der Waals surface area contributed by atoms with E-state index in [2.05, 4.69) is 4.99 Å². The Morgan fingerprint density at radius 3 is 2.32 bits per heavy atom. The third-order valence-corrected chi connectivity index (χ3v) is 5.45. The Bertz CT molecular complexity index is 1090. The number of hydrogen-bond donors (Lipinski definition) is 3. The summed E-state index contributed by atoms with van der Waals surface area (Å²) < 4.78 is 10.3. The molecule has 10 heteroatoms. The van der Waals surface area contributed by atoms with Crippen LogP contribution in [0.25, 0.3) is 6.08 Å². The lowest BCUT2D eigenvalue weighted by molar-refractivity contribution is -0.122. The minimum Gasteiger partial charge on any atom is -0.507 e. The first-order valence-corrected chi connectivity index (χ1v) is 9.92. The van der Waals surface area contributed by atoms with Gasteiger partial charge in [0.1, 0.15) is 11.3 Å². The molecule has 162 valence electrons. The summed E-state index contributed by atoms with van der Waals surface area (Å²) in [7, 11) is 2.82. The minimum absolute atomic E-state index is 0.139. The predicted molar refractivity (Wildman–Crippen MR) is 116 cm³/mol. The van der Waals surface area contributed by atoms with Crippen LogP contribution in [0.5, 0.6) is 23.0 Å². The highest BCUT2D eigenvalue weighted by molar-refractivity contribution is 8.18. The molecule has 0 aliphatic carbocycles. The number of aromatic carboxylic acids is 1. The molecule has 0 atom stereocenters. The van der Waals surface area contributed by atoms with Gasteiger partial charge in [0.25, 0.3) is 5.91 Å². The molecule has 1 fully saturated rings. The number of hydrogen-bond acceptors (Lipinski definition) is 8. The molecule has 0 bridgehead atoms. The van der Waals surface area contributed by atoms with Crippen LogP contribution in [-0.2, 0) is 4.79 Å². The summed E-state index contributed by atoms with van der Waals surface area (Å²) >= 11 is 1.13. The Kier molecular flexibility index (Phi) is 6.40. The summed E-state index contributed by atoms with van der Waals surface area (Å²) in [6, 6.07) is 7.08. The fourth-order valence-corrected chi connectivity index (χ4v) is 3.96. The first-order chi connectivity index (χ1) is 14.8. The van der Waals surface area contributed by atoms with Crippen molar-refractivity contribution in [3.63, 3.8) is 0 Å². The van der Waals surface area contributed by atoms with E-state index in [-0.39, 0.29) is 28.7 Å². The summed E-state index contributed by atoms with van der Waals surface area (Å²) in [5.74, 6) is -1.65. The van der Waals surface area contributed by atoms with Gasteiger partial charge in [-0.25, -0.2) is 9.79 Å². The van der Waals surface area contributed by atoms with E-state index in [1.165, 1.54) is 37.3 Å². The maximum atomic E-state index is 12.8. The number of methoxy groups -OCH3 is 2. The van der Waals surface area contributed by atoms with Crippen molar-refractivity contribution < 1.29 is 34.4 Å². The molecule has 1 amide bonds. The van der Waals surface area contributed by atoms with Gasteiger partial charge in [0.15, 0.2) is 16.7 Å². The summed E-state index contributed by atoms with van der Waals surface area (Å²) in [4.78, 5) is 30.2. The van der Waals surface area contributed by atoms with Gasteiger partial charge in [-0.1, -0.05) is 0 Å². The van der Waals surface area contributed by atoms with Gasteiger partial charge in [0.2, 0.25) is 5.75 Å². The molecule has 1 aliphatic rings. The largest absolute Gasteiger partial charge is 0.507 e. The standard InChI is InChI=1S/C21H20N2O7S/c1-4-23-19(26)17(9-11-7-15(29-2)18(25)16(8-11)30-3)31-21(23)22-12-5-6-13(20(27)28)14(24)10-12/h5-10,24-25H,4H2,1-3H3,(H,27,28)/b17-9-,22-21?. The number of phenolic OH excluding ortho intramolecular Hbond substituents is 1. The molecular weight excluding hydrogens is 424 g/mol. The third-order valence-electron chi connectivity index (χ3n) is 4.44. The van der Waals surface area contributed by atoms with E-state index in [4.69, 9.17) is 14.6 Å². The number of carbonyl (C=O) groups is 2. The van der Waals surface area contributed by atoms with Gasteiger partial charge >= 0.3 is 5.97 Å². The molecule has 1 aliphatic heterocycles. The lowest BCUT2D eigenvalue weighted by Crippen LogP contribution is -2.28. The molecule has 31 heavy (non-hydrogen) atoms. The van der Waals surface area contributed by atoms with Gasteiger partial charge < -0.3 is 24.8 Å². The van der Waals surface area contributed by atoms with Crippen molar-refractivity contribution >= 4 is 40.6 Å². The molecular formula is C21H20N2O7S. The van der Waals surface area contributed by atoms with Crippen LogP contribution in [-0.4, -0.2) is 58.0 Å². The Morgan fingerprint density at radius 2 is 1.81 bits per heavy atom. The molecule has 9 nitrogen and oxygen atoms in total. The Labute approximate surface area is 182 Å². The van der Waals surface area contributed by atoms with Crippen LogP contribution in [0.4, 0.5) is 5.69 Å². The molecule has 3 rings (SSSR count). The highest BCUT2D eigenvalue weighted by Gasteiger charge is 2.32. The highest BCUT2D eigenvalue weighted by Crippen LogP contribution is 2.40. The number of phenols is 2. The monoisotopic (exact) mass is 444 g/mol. The summed E-state index contributed by atoms with van der Waals surface area (Å²) in [6.45, 7) is 2.16. The number of nitrogens with zero attached hydrogens (tertiary/aromatic N) is 2. The van der Waals surface area contributed by atoms with E-state index in [1.807, 2.05) is 0 Å². The quantitative estimate of drug-likeness (QED) is 0.578. The van der Waals surface area contributed by atoms with Gasteiger partial charge in [-0.05, 0) is 54.6 Å². The number of aromatic hydroxyl groups is 2. The van der Waals surface area contributed by atoms with Crippen molar-refractivity contribution in [3.8, 4) is 23.0 Å². The number of rotatable bonds is 6. The highest BCUT2D eigenvalue weighted by atomic mass is 32.2. The second kappa shape index (κ2) is 9.00. The Morgan fingerprint density at radius 1 is 1.16 bits per heavy atom. The first-order valence-electron chi connectivity index (χ1n) is 9.10. The van der Waals surface area contributed by atoms with Crippen molar-refractivity contribution in [1.82, 2.24) is 4.90 Å². The number of likely N-dealkylation sites (N-methyl/N-ethyl adjacent to an activating group) is 1. The maximum Gasteiger partial charge on any atom is 0.339 e. The van der Waals surface area contributed by atoms with Gasteiger partial charge in [-0.2, -0.15) is 0 Å². The molecule has 2 aromatic rings. The van der Waals surface area contributed by atoms with Crippen molar-refractivity contribution in [3.05, 3.63) is 46.4 Å². The molecule has 1 saturated heterocycles. The third kappa shape index (κ3) is 4.43. The molecule has 0 radical (unpaired) electrons. The van der Waals surface area contributed by atoms with E-state index in [9.17, 15) is 19.8 Å². The van der Waals surface area contributed by atoms with E-state index < -0.39 is 11.7 Å². The summed E-state index contributed by atoms with van der Waals surface area (Å²) in [6.07, 6.45) is 1.63. The van der Waals surface area contributed by atoms with Crippen molar-refractivity contribution in [2.24, 2.45) is 4.99 Å². The second-order valence-corrected chi connectivity index (χ2v) is 7.34. The van der Waals surface area contributed by atoms with Crippen LogP contribution in [0.1, 0.15) is 22.8 Å². The molecule has 0 spiro atoms. The molecule has 0 saturated carbocycles. The average molecular weight is 444 g/mol. The molecule has 2 aromatic carbocycles. The lowest BCUT2D eigenvalue weighted by Gasteiger charge is -2.12. The number of benzene rings is 2. The maximum absolute atomic E-state index is 12.8. The summed E-state index contributed by atoms with van der Waals surface area (Å²) in [5.41, 5.74) is 0.663. The SMILES string of the molecule is CCN1C(=O)/C(=C/c2cc(OC)c(O)c(OC)c2)SC1=Nc1ccc(C(=O)O)c(O)c1. The molecule has 1 heterocycles. The van der Waals surface area contributed by atoms with E-state index in [0.717, 1.165) is 11.8 Å². The zero-order valence-corrected chi connectivity index (χ0v) is 17.8. The Hall–Kier alpha value is -3.66. The smallest absolute Gasteiger partial charge is 0.339 e. The van der Waals surface area contributed by atoms with Gasteiger partial charge in [0, 0.05) is 12.6 Å². The number of carbonyl (C=O) groups excluding carboxylic acids is 1. The van der Waals surface area contributed by atoms with Crippen LogP contribution in [0.15, 0.2) is 40.2 Å². The number of carboxylic acids is 1. The van der Waals surface area contributed by atoms with Crippen molar-refractivity contribution in [2.75, 3.05) is 20.8 Å². The van der Waals surface area contributed by atoms with Gasteiger partial charge in [-0.3, -0.25) is 9.69 Å². The number of ether oxygens (including phenoxy) is 2. The van der Waals surface area contributed by atoms with Crippen LogP contribution < -0.4 is 9.47 Å². The fourth-order valence-electron chi connectivity index (χ4n) is 2.90. The van der Waals surface area contributed by atoms with Crippen molar-refractivity contribution in [1.29, 1.82) is 0 Å². The number of amidine groups is 1. The molecule has 0 unspecified atom stereocenters. The first kappa shape index (κ1) is 22.0. The van der Waals surface area contributed by atoms with Crippen LogP contribution in [0.2, 0.25) is 0 Å². The van der Waals surface area contributed by atoms with Gasteiger partial charge in [0.05, 0.1) is 24.8 Å². The predicted octanol–water partition coefficient (Wildman–Crippen LogP) is 3.44. The molecule has 0 aromatic heterocycles. The van der Waals surface area contributed by atoms with Crippen LogP contribution >= 0.6 is 11.8 Å². The van der Waals surface area contributed by atoms with Crippen LogP contribution in [0, 0.1) is 0 Å². The number of amides is 1. The second-order valence-electron chi connectivity index (χ2n) is 6.34. The topological polar surface area (TPSA) is 129 Å². The van der Waals surface area contributed by atoms with E-state index in [0.29, 0.717) is 27.9 Å². The normalized spacial score (nSPS) is 16.2. The van der Waals surface area contributed by atoms with Crippen molar-refractivity contribution in [2.45, 2.75) is 6.92 Å². The Balaban J connectivity index is 1.98. The zero-order valence-electron chi connectivity index (χ0n) is 16.9. The minimum atomic E-state index is -1.25. The fraction of sp³-hybridized carbons (Fsp3) is 0.190. The van der Waals surface area contributed by atoms with E-state index in [1.54, 1.807) is 25.1 Å². The number of aliphatic imine (C=N–C) groups is 1. The zero-order chi connectivity index (χ0) is 22.7. The average Bonchev–Trinajstić information content (AvgIpc) is 3.02. The van der Waals surface area contributed by atoms with Gasteiger partial charge in [-0.15, -0.1) is 0 Å².